The van der Waals surface area contributed by atoms with Crippen LogP contribution in [0.5, 0.6) is 5.75 Å². The third-order valence-corrected chi connectivity index (χ3v) is 1.91. The lowest BCUT2D eigenvalue weighted by Crippen LogP contribution is -2.26. The summed E-state index contributed by atoms with van der Waals surface area (Å²) in [4.78, 5) is 0. The predicted molar refractivity (Wildman–Crippen MR) is 70.5 cm³/mol. The second kappa shape index (κ2) is 8.89. The van der Waals surface area contributed by atoms with Gasteiger partial charge in [0.15, 0.2) is 0 Å². The molecule has 1 N–H and O–H groups in total. The maximum Gasteiger partial charge on any atom is 0.119 e. The molecule has 1 atom stereocenters. The van der Waals surface area contributed by atoms with Crippen molar-refractivity contribution in [3.8, 4) is 5.75 Å². The molecule has 0 amide bonds. The van der Waals surface area contributed by atoms with Crippen molar-refractivity contribution in [1.29, 1.82) is 0 Å². The van der Waals surface area contributed by atoms with Gasteiger partial charge in [-0.25, -0.2) is 0 Å². The van der Waals surface area contributed by atoms with Gasteiger partial charge < -0.3 is 10.1 Å². The number of ether oxygens (including phenoxy) is 1. The highest BCUT2D eigenvalue weighted by molar-refractivity contribution is 7.80. The van der Waals surface area contributed by atoms with E-state index in [0.29, 0.717) is 11.9 Å². The smallest absolute Gasteiger partial charge is 0.119 e. The van der Waals surface area contributed by atoms with E-state index in [1.54, 1.807) is 0 Å². The molecule has 1 unspecified atom stereocenters. The maximum absolute atomic E-state index is 5.50. The minimum atomic E-state index is 0. The molecule has 0 heterocycles. The van der Waals surface area contributed by atoms with Crippen molar-refractivity contribution in [3.05, 3.63) is 30.3 Å². The lowest BCUT2D eigenvalue weighted by atomic mass is 10.3. The van der Waals surface area contributed by atoms with Gasteiger partial charge in [0.25, 0.3) is 0 Å². The van der Waals surface area contributed by atoms with Crippen molar-refractivity contribution in [2.45, 2.75) is 12.2 Å². The van der Waals surface area contributed by atoms with E-state index in [1.807, 2.05) is 30.3 Å². The summed E-state index contributed by atoms with van der Waals surface area (Å²) in [5, 5.41) is 3.65. The first-order chi connectivity index (χ1) is 6.79. The van der Waals surface area contributed by atoms with Crippen molar-refractivity contribution in [3.63, 3.8) is 0 Å². The summed E-state index contributed by atoms with van der Waals surface area (Å²) < 4.78 is 5.50. The summed E-state index contributed by atoms with van der Waals surface area (Å²) in [6.45, 7) is 4.54. The van der Waals surface area contributed by atoms with E-state index in [9.17, 15) is 0 Å². The summed E-state index contributed by atoms with van der Waals surface area (Å²) in [7, 11) is 0. The molecular weight excluding hydrogens is 230 g/mol. The number of hydrogen-bond acceptors (Lipinski definition) is 3. The largest absolute Gasteiger partial charge is 0.492 e. The first-order valence-electron chi connectivity index (χ1n) is 4.85. The molecule has 0 spiro atoms. The average Bonchev–Trinajstić information content (AvgIpc) is 2.18. The Hall–Kier alpha value is -0.380. The topological polar surface area (TPSA) is 21.3 Å². The highest BCUT2D eigenvalue weighted by Gasteiger charge is 1.94. The number of rotatable bonds is 6. The SMILES string of the molecule is CC(S)CNCCOc1ccccc1.Cl. The summed E-state index contributed by atoms with van der Waals surface area (Å²) in [5.74, 6) is 0.924. The van der Waals surface area contributed by atoms with E-state index in [2.05, 4.69) is 24.9 Å². The van der Waals surface area contributed by atoms with Gasteiger partial charge in [-0.05, 0) is 12.1 Å². The number of hydrogen-bond donors (Lipinski definition) is 2. The van der Waals surface area contributed by atoms with Gasteiger partial charge in [0, 0.05) is 18.3 Å². The number of thiol groups is 1. The molecule has 0 aliphatic rings. The molecule has 86 valence electrons. The summed E-state index contributed by atoms with van der Waals surface area (Å²) in [6, 6.07) is 9.84. The van der Waals surface area contributed by atoms with Crippen molar-refractivity contribution in [2.75, 3.05) is 19.7 Å². The first-order valence-corrected chi connectivity index (χ1v) is 5.37. The van der Waals surface area contributed by atoms with Crippen LogP contribution in [-0.2, 0) is 0 Å². The fourth-order valence-corrected chi connectivity index (χ4v) is 1.20. The Kier molecular flexibility index (Phi) is 8.67. The molecular formula is C11H18ClNOS. The Labute approximate surface area is 103 Å². The van der Waals surface area contributed by atoms with E-state index in [-0.39, 0.29) is 12.4 Å². The highest BCUT2D eigenvalue weighted by atomic mass is 35.5. The Balaban J connectivity index is 0.00000196. The normalized spacial score (nSPS) is 11.6. The van der Waals surface area contributed by atoms with E-state index in [0.717, 1.165) is 18.8 Å². The Bertz CT molecular complexity index is 244. The molecule has 2 nitrogen and oxygen atoms in total. The summed E-state index contributed by atoms with van der Waals surface area (Å²) in [5.41, 5.74) is 0. The molecule has 0 bridgehead atoms. The van der Waals surface area contributed by atoms with Gasteiger partial charge in [-0.1, -0.05) is 25.1 Å². The maximum atomic E-state index is 5.50. The van der Waals surface area contributed by atoms with Gasteiger partial charge in [-0.3, -0.25) is 0 Å². The minimum Gasteiger partial charge on any atom is -0.492 e. The van der Waals surface area contributed by atoms with Crippen LogP contribution in [0.4, 0.5) is 0 Å². The molecule has 0 fully saturated rings. The Morgan fingerprint density at radius 2 is 2.00 bits per heavy atom. The van der Waals surface area contributed by atoms with Crippen molar-refractivity contribution in [1.82, 2.24) is 5.32 Å². The Morgan fingerprint density at radius 1 is 1.33 bits per heavy atom. The van der Waals surface area contributed by atoms with Crippen LogP contribution in [0.2, 0.25) is 0 Å². The van der Waals surface area contributed by atoms with Crippen LogP contribution < -0.4 is 10.1 Å². The monoisotopic (exact) mass is 247 g/mol. The zero-order chi connectivity index (χ0) is 10.2. The van der Waals surface area contributed by atoms with Crippen molar-refractivity contribution in [2.24, 2.45) is 0 Å². The van der Waals surface area contributed by atoms with Gasteiger partial charge >= 0.3 is 0 Å². The first kappa shape index (κ1) is 14.6. The number of nitrogens with one attached hydrogen (secondary N) is 1. The van der Waals surface area contributed by atoms with Crippen LogP contribution in [0, 0.1) is 0 Å². The zero-order valence-electron chi connectivity index (χ0n) is 8.85. The molecule has 1 aromatic rings. The number of halogens is 1. The number of benzene rings is 1. The summed E-state index contributed by atoms with van der Waals surface area (Å²) >= 11 is 4.27. The second-order valence-electron chi connectivity index (χ2n) is 3.21. The third kappa shape index (κ3) is 7.54. The van der Waals surface area contributed by atoms with E-state index >= 15 is 0 Å². The van der Waals surface area contributed by atoms with Gasteiger partial charge in [0.1, 0.15) is 12.4 Å². The van der Waals surface area contributed by atoms with Gasteiger partial charge in [0.05, 0.1) is 0 Å². The molecule has 0 aliphatic heterocycles. The number of para-hydroxylation sites is 1. The molecule has 0 aromatic heterocycles. The molecule has 15 heavy (non-hydrogen) atoms. The van der Waals surface area contributed by atoms with E-state index in [4.69, 9.17) is 4.74 Å². The second-order valence-corrected chi connectivity index (χ2v) is 4.10. The lowest BCUT2D eigenvalue weighted by molar-refractivity contribution is 0.314. The predicted octanol–water partition coefficient (Wildman–Crippen LogP) is 2.40. The molecule has 0 aliphatic carbocycles. The fraction of sp³-hybridized carbons (Fsp3) is 0.455. The Morgan fingerprint density at radius 3 is 2.60 bits per heavy atom. The molecule has 0 saturated carbocycles. The third-order valence-electron chi connectivity index (χ3n) is 1.73. The van der Waals surface area contributed by atoms with Crippen LogP contribution in [0.1, 0.15) is 6.92 Å². The van der Waals surface area contributed by atoms with Crippen molar-refractivity contribution >= 4 is 25.0 Å². The van der Waals surface area contributed by atoms with Gasteiger partial charge in [-0.2, -0.15) is 12.6 Å². The van der Waals surface area contributed by atoms with E-state index in [1.165, 1.54) is 0 Å². The van der Waals surface area contributed by atoms with Crippen LogP contribution >= 0.6 is 25.0 Å². The van der Waals surface area contributed by atoms with Crippen LogP contribution in [0.3, 0.4) is 0 Å². The quantitative estimate of drug-likeness (QED) is 0.595. The summed E-state index contributed by atoms with van der Waals surface area (Å²) in [6.07, 6.45) is 0. The van der Waals surface area contributed by atoms with E-state index < -0.39 is 0 Å². The fourth-order valence-electron chi connectivity index (χ4n) is 1.07. The van der Waals surface area contributed by atoms with Crippen LogP contribution in [-0.4, -0.2) is 24.9 Å². The molecule has 0 radical (unpaired) electrons. The van der Waals surface area contributed by atoms with Crippen molar-refractivity contribution < 1.29 is 4.74 Å². The van der Waals surface area contributed by atoms with Gasteiger partial charge in [-0.15, -0.1) is 12.4 Å². The van der Waals surface area contributed by atoms with Gasteiger partial charge in [0.2, 0.25) is 0 Å². The molecule has 4 heteroatoms. The highest BCUT2D eigenvalue weighted by Crippen LogP contribution is 2.07. The zero-order valence-corrected chi connectivity index (χ0v) is 10.6. The minimum absolute atomic E-state index is 0. The van der Waals surface area contributed by atoms with Crippen LogP contribution in [0.25, 0.3) is 0 Å². The molecule has 0 saturated heterocycles. The average molecular weight is 248 g/mol. The molecule has 1 rings (SSSR count). The van der Waals surface area contributed by atoms with Crippen LogP contribution in [0.15, 0.2) is 30.3 Å². The standard InChI is InChI=1S/C11H17NOS.ClH/c1-10(14)9-12-7-8-13-11-5-3-2-4-6-11;/h2-6,10,12,14H,7-9H2,1H3;1H. The lowest BCUT2D eigenvalue weighted by Gasteiger charge is -2.08. The molecule has 1 aromatic carbocycles.